The number of para-hydroxylation sites is 2. The number of hydrogen-bond donors (Lipinski definition) is 0. The number of rotatable bonds is 5. The van der Waals surface area contributed by atoms with E-state index in [9.17, 15) is 8.78 Å². The lowest BCUT2D eigenvalue weighted by molar-refractivity contribution is -0.150. The van der Waals surface area contributed by atoms with Gasteiger partial charge in [-0.1, -0.05) is 31.2 Å². The summed E-state index contributed by atoms with van der Waals surface area (Å²) in [6.07, 6.45) is 2.16. The molecule has 1 fully saturated rings. The Bertz CT molecular complexity index is 1020. The molecule has 3 aliphatic rings. The first-order chi connectivity index (χ1) is 15.5. The predicted octanol–water partition coefficient (Wildman–Crippen LogP) is 4.65. The number of hydrogen-bond acceptors (Lipinski definition) is 6. The van der Waals surface area contributed by atoms with Gasteiger partial charge in [0.1, 0.15) is 5.75 Å². The molecular formula is C24H27F2N3O3. The first kappa shape index (κ1) is 21.0. The van der Waals surface area contributed by atoms with E-state index < -0.39 is 12.3 Å². The minimum atomic E-state index is -2.89. The maximum absolute atomic E-state index is 13.0. The second-order valence-electron chi connectivity index (χ2n) is 8.35. The molecule has 0 aliphatic carbocycles. The molecule has 0 bridgehead atoms. The molecule has 1 saturated heterocycles. The summed E-state index contributed by atoms with van der Waals surface area (Å²) in [5.41, 5.74) is 1.72. The molecule has 1 unspecified atom stereocenters. The second-order valence-corrected chi connectivity index (χ2v) is 8.35. The molecule has 0 amide bonds. The fourth-order valence-electron chi connectivity index (χ4n) is 5.05. The van der Waals surface area contributed by atoms with Gasteiger partial charge in [-0.25, -0.2) is 5.01 Å². The van der Waals surface area contributed by atoms with E-state index >= 15 is 0 Å². The smallest absolute Gasteiger partial charge is 0.387 e. The molecule has 2 aromatic carbocycles. The van der Waals surface area contributed by atoms with E-state index in [-0.39, 0.29) is 11.8 Å². The third-order valence-electron chi connectivity index (χ3n) is 6.71. The van der Waals surface area contributed by atoms with E-state index in [0.717, 1.165) is 49.5 Å². The zero-order chi connectivity index (χ0) is 22.3. The van der Waals surface area contributed by atoms with Gasteiger partial charge in [0.05, 0.1) is 18.9 Å². The summed E-state index contributed by atoms with van der Waals surface area (Å²) in [4.78, 5) is 2.40. The van der Waals surface area contributed by atoms with Crippen molar-refractivity contribution in [2.75, 3.05) is 26.7 Å². The first-order valence-electron chi connectivity index (χ1n) is 11.0. The largest absolute Gasteiger partial charge is 0.493 e. The highest BCUT2D eigenvalue weighted by Gasteiger charge is 2.52. The number of nitrogens with zero attached hydrogens (tertiary/aromatic N) is 3. The lowest BCUT2D eigenvalue weighted by atomic mass is 9.90. The molecule has 1 spiro atoms. The number of benzene rings is 2. The summed E-state index contributed by atoms with van der Waals surface area (Å²) in [5.74, 6) is 1.60. The van der Waals surface area contributed by atoms with Crippen LogP contribution in [0.4, 0.5) is 8.78 Å². The van der Waals surface area contributed by atoms with Gasteiger partial charge in [-0.15, -0.1) is 0 Å². The fourth-order valence-corrected chi connectivity index (χ4v) is 5.05. The van der Waals surface area contributed by atoms with Crippen LogP contribution in [-0.2, 0) is 0 Å². The van der Waals surface area contributed by atoms with Crippen molar-refractivity contribution in [3.63, 3.8) is 0 Å². The standard InChI is InChI=1S/C24H27F2N3O3/c1-3-28-13-11-24(12-14-28)29-19(17-8-6-10-21(30-2)22(17)32-24)15-18(27-29)16-7-4-5-9-20(16)31-23(25)26/h4-10,19,23H,3,11-15H2,1-2H3. The Labute approximate surface area is 186 Å². The highest BCUT2D eigenvalue weighted by atomic mass is 19.3. The van der Waals surface area contributed by atoms with Gasteiger partial charge in [0.2, 0.25) is 5.72 Å². The van der Waals surface area contributed by atoms with E-state index in [1.54, 1.807) is 25.3 Å². The van der Waals surface area contributed by atoms with Crippen molar-refractivity contribution in [2.45, 2.75) is 44.6 Å². The van der Waals surface area contributed by atoms with Gasteiger partial charge in [-0.2, -0.15) is 13.9 Å². The Hall–Kier alpha value is -2.87. The summed E-state index contributed by atoms with van der Waals surface area (Å²) < 4.78 is 43.1. The molecule has 3 aliphatic heterocycles. The van der Waals surface area contributed by atoms with E-state index in [1.165, 1.54) is 0 Å². The number of ether oxygens (including phenoxy) is 3. The van der Waals surface area contributed by atoms with E-state index in [2.05, 4.69) is 16.8 Å². The van der Waals surface area contributed by atoms with Crippen molar-refractivity contribution in [1.82, 2.24) is 9.91 Å². The van der Waals surface area contributed by atoms with Crippen LogP contribution in [-0.4, -0.2) is 54.7 Å². The molecule has 8 heteroatoms. The van der Waals surface area contributed by atoms with Crippen molar-refractivity contribution in [3.05, 3.63) is 53.6 Å². The molecule has 5 rings (SSSR count). The molecule has 170 valence electrons. The number of alkyl halides is 2. The Morgan fingerprint density at radius 3 is 2.59 bits per heavy atom. The number of likely N-dealkylation sites (tertiary alicyclic amines) is 1. The topological polar surface area (TPSA) is 46.5 Å². The highest BCUT2D eigenvalue weighted by Crippen LogP contribution is 2.53. The SMILES string of the molecule is CCN1CCC2(CC1)Oc1c(OC)cccc1C1CC(c3ccccc3OC(F)F)=NN12. The molecular weight excluding hydrogens is 416 g/mol. The second kappa shape index (κ2) is 8.24. The maximum Gasteiger partial charge on any atom is 0.387 e. The van der Waals surface area contributed by atoms with Crippen molar-refractivity contribution in [3.8, 4) is 17.2 Å². The molecule has 3 heterocycles. The van der Waals surface area contributed by atoms with Crippen LogP contribution < -0.4 is 14.2 Å². The highest BCUT2D eigenvalue weighted by molar-refractivity contribution is 6.04. The molecule has 0 radical (unpaired) electrons. The predicted molar refractivity (Wildman–Crippen MR) is 117 cm³/mol. The van der Waals surface area contributed by atoms with Crippen LogP contribution in [0.5, 0.6) is 17.2 Å². The Morgan fingerprint density at radius 2 is 1.88 bits per heavy atom. The minimum absolute atomic E-state index is 0.0587. The van der Waals surface area contributed by atoms with Gasteiger partial charge in [-0.05, 0) is 24.7 Å². The van der Waals surface area contributed by atoms with Crippen molar-refractivity contribution in [2.24, 2.45) is 5.10 Å². The summed E-state index contributed by atoms with van der Waals surface area (Å²) in [6.45, 7) is 2.07. The van der Waals surface area contributed by atoms with Gasteiger partial charge < -0.3 is 19.1 Å². The van der Waals surface area contributed by atoms with Crippen molar-refractivity contribution in [1.29, 1.82) is 0 Å². The number of methoxy groups -OCH3 is 1. The number of fused-ring (bicyclic) bond motifs is 4. The van der Waals surface area contributed by atoms with Crippen LogP contribution in [0.1, 0.15) is 43.4 Å². The van der Waals surface area contributed by atoms with Gasteiger partial charge in [0.15, 0.2) is 11.5 Å². The molecule has 6 nitrogen and oxygen atoms in total. The number of hydrazone groups is 1. The molecule has 32 heavy (non-hydrogen) atoms. The van der Waals surface area contributed by atoms with E-state index in [4.69, 9.17) is 19.3 Å². The Morgan fingerprint density at radius 1 is 1.12 bits per heavy atom. The van der Waals surface area contributed by atoms with Crippen LogP contribution >= 0.6 is 0 Å². The van der Waals surface area contributed by atoms with Crippen LogP contribution in [0, 0.1) is 0 Å². The van der Waals surface area contributed by atoms with Gasteiger partial charge in [0.25, 0.3) is 0 Å². The minimum Gasteiger partial charge on any atom is -0.493 e. The number of halogens is 2. The average Bonchev–Trinajstić information content (AvgIpc) is 3.26. The summed E-state index contributed by atoms with van der Waals surface area (Å²) in [6, 6.07) is 12.7. The quantitative estimate of drug-likeness (QED) is 0.673. The molecule has 2 aromatic rings. The lowest BCUT2D eigenvalue weighted by Crippen LogP contribution is -2.59. The zero-order valence-corrected chi connectivity index (χ0v) is 18.3. The van der Waals surface area contributed by atoms with Crippen LogP contribution in [0.2, 0.25) is 0 Å². The maximum atomic E-state index is 13.0. The third-order valence-corrected chi connectivity index (χ3v) is 6.71. The lowest BCUT2D eigenvalue weighted by Gasteiger charge is -2.51. The molecule has 0 N–H and O–H groups in total. The molecule has 0 aromatic heterocycles. The average molecular weight is 443 g/mol. The Balaban J connectivity index is 1.57. The normalized spacial score (nSPS) is 21.7. The fraction of sp³-hybridized carbons (Fsp3) is 0.458. The molecule has 0 saturated carbocycles. The first-order valence-corrected chi connectivity index (χ1v) is 11.0. The van der Waals surface area contributed by atoms with Crippen LogP contribution in [0.15, 0.2) is 47.6 Å². The monoisotopic (exact) mass is 443 g/mol. The van der Waals surface area contributed by atoms with Crippen LogP contribution in [0.3, 0.4) is 0 Å². The van der Waals surface area contributed by atoms with Gasteiger partial charge in [-0.3, -0.25) is 0 Å². The van der Waals surface area contributed by atoms with Gasteiger partial charge >= 0.3 is 6.61 Å². The third kappa shape index (κ3) is 3.46. The van der Waals surface area contributed by atoms with Crippen molar-refractivity contribution >= 4 is 5.71 Å². The van der Waals surface area contributed by atoms with Gasteiger partial charge in [0, 0.05) is 43.5 Å². The van der Waals surface area contributed by atoms with Crippen LogP contribution in [0.25, 0.3) is 0 Å². The zero-order valence-electron chi connectivity index (χ0n) is 18.3. The summed E-state index contributed by atoms with van der Waals surface area (Å²) >= 11 is 0. The molecule has 1 atom stereocenters. The summed E-state index contributed by atoms with van der Waals surface area (Å²) in [7, 11) is 1.65. The Kier molecular flexibility index (Phi) is 5.41. The summed E-state index contributed by atoms with van der Waals surface area (Å²) in [5, 5.41) is 7.04. The van der Waals surface area contributed by atoms with E-state index in [0.29, 0.717) is 17.7 Å². The van der Waals surface area contributed by atoms with Crippen molar-refractivity contribution < 1.29 is 23.0 Å². The van der Waals surface area contributed by atoms with E-state index in [1.807, 2.05) is 24.3 Å². The number of piperidine rings is 1.